The average molecular weight is 307 g/mol. The highest BCUT2D eigenvalue weighted by Crippen LogP contribution is 2.26. The first kappa shape index (κ1) is 16.2. The number of nitrogens with one attached hydrogen (secondary N) is 1. The first-order chi connectivity index (χ1) is 10.2. The molecule has 1 N–H and O–H groups in total. The molecule has 1 atom stereocenters. The molecule has 2 rings (SSSR count). The summed E-state index contributed by atoms with van der Waals surface area (Å²) in [6.07, 6.45) is 4.76. The van der Waals surface area contributed by atoms with Gasteiger partial charge in [0.05, 0.1) is 11.9 Å². The topological polar surface area (TPSA) is 38.3 Å². The maximum absolute atomic E-state index is 12.2. The number of carbonyl (C=O) groups is 1. The van der Waals surface area contributed by atoms with E-state index in [0.29, 0.717) is 12.6 Å². The van der Waals surface area contributed by atoms with Crippen LogP contribution in [0, 0.1) is 0 Å². The molecule has 21 heavy (non-hydrogen) atoms. The molecule has 0 aromatic heterocycles. The molecule has 0 heterocycles. The van der Waals surface area contributed by atoms with Gasteiger partial charge in [-0.2, -0.15) is 0 Å². The summed E-state index contributed by atoms with van der Waals surface area (Å²) in [6.45, 7) is 4.64. The molecule has 0 saturated heterocycles. The smallest absolute Gasteiger partial charge is 0.233 e. The van der Waals surface area contributed by atoms with E-state index in [9.17, 15) is 4.79 Å². The van der Waals surface area contributed by atoms with E-state index in [0.717, 1.165) is 29.9 Å². The molecule has 4 heteroatoms. The van der Waals surface area contributed by atoms with Crippen molar-refractivity contribution in [3.63, 3.8) is 0 Å². The largest absolute Gasteiger partial charge is 0.494 e. The van der Waals surface area contributed by atoms with Gasteiger partial charge >= 0.3 is 0 Å². The van der Waals surface area contributed by atoms with Crippen molar-refractivity contribution in [2.75, 3.05) is 6.61 Å². The standard InChI is InChI=1S/C17H25NO2S/c1-3-20-16-11-7-4-8-14(16)12-21-13(2)17(19)18-15-9-5-6-10-15/h4,7-8,11,13,15H,3,5-6,9-10,12H2,1-2H3,(H,18,19). The number of hydrogen-bond donors (Lipinski definition) is 1. The highest BCUT2D eigenvalue weighted by Gasteiger charge is 2.21. The zero-order valence-electron chi connectivity index (χ0n) is 12.9. The Kier molecular flexibility index (Phi) is 6.43. The average Bonchev–Trinajstić information content (AvgIpc) is 2.99. The molecule has 1 aliphatic rings. The Hall–Kier alpha value is -1.16. The maximum atomic E-state index is 12.2. The summed E-state index contributed by atoms with van der Waals surface area (Å²) in [5.41, 5.74) is 1.16. The third-order valence-corrected chi connectivity index (χ3v) is 5.02. The van der Waals surface area contributed by atoms with E-state index in [1.807, 2.05) is 32.0 Å². The Balaban J connectivity index is 1.82. The normalized spacial score (nSPS) is 16.7. The highest BCUT2D eigenvalue weighted by atomic mass is 32.2. The molecule has 0 bridgehead atoms. The van der Waals surface area contributed by atoms with Crippen LogP contribution >= 0.6 is 11.8 Å². The van der Waals surface area contributed by atoms with Gasteiger partial charge in [-0.15, -0.1) is 11.8 Å². The zero-order chi connectivity index (χ0) is 15.1. The number of carbonyl (C=O) groups excluding carboxylic acids is 1. The number of amides is 1. The summed E-state index contributed by atoms with van der Waals surface area (Å²) < 4.78 is 5.62. The SMILES string of the molecule is CCOc1ccccc1CSC(C)C(=O)NC1CCCC1. The highest BCUT2D eigenvalue weighted by molar-refractivity contribution is 7.99. The fourth-order valence-corrected chi connectivity index (χ4v) is 3.49. The first-order valence-corrected chi connectivity index (χ1v) is 8.88. The van der Waals surface area contributed by atoms with Crippen LogP contribution in [0.4, 0.5) is 0 Å². The molecule has 1 aromatic rings. The van der Waals surface area contributed by atoms with Crippen molar-refractivity contribution in [1.29, 1.82) is 0 Å². The van der Waals surface area contributed by atoms with Crippen LogP contribution in [0.5, 0.6) is 5.75 Å². The number of thioether (sulfide) groups is 1. The molecule has 1 aliphatic carbocycles. The number of benzene rings is 1. The van der Waals surface area contributed by atoms with Gasteiger partial charge in [-0.05, 0) is 32.8 Å². The lowest BCUT2D eigenvalue weighted by molar-refractivity contribution is -0.120. The zero-order valence-corrected chi connectivity index (χ0v) is 13.7. The number of rotatable bonds is 7. The Morgan fingerprint density at radius 2 is 2.10 bits per heavy atom. The third-order valence-electron chi connectivity index (χ3n) is 3.83. The summed E-state index contributed by atoms with van der Waals surface area (Å²) in [6, 6.07) is 8.45. The second-order valence-electron chi connectivity index (χ2n) is 5.48. The van der Waals surface area contributed by atoms with Gasteiger partial charge in [0.25, 0.3) is 0 Å². The molecule has 3 nitrogen and oxygen atoms in total. The van der Waals surface area contributed by atoms with Gasteiger partial charge in [0.1, 0.15) is 5.75 Å². The van der Waals surface area contributed by atoms with Crippen LogP contribution in [0.15, 0.2) is 24.3 Å². The molecular weight excluding hydrogens is 282 g/mol. The lowest BCUT2D eigenvalue weighted by Gasteiger charge is -2.17. The number of ether oxygens (including phenoxy) is 1. The van der Waals surface area contributed by atoms with E-state index in [4.69, 9.17) is 4.74 Å². The fraction of sp³-hybridized carbons (Fsp3) is 0.588. The van der Waals surface area contributed by atoms with E-state index in [-0.39, 0.29) is 11.2 Å². The molecule has 1 amide bonds. The van der Waals surface area contributed by atoms with Crippen molar-refractivity contribution in [2.24, 2.45) is 0 Å². The minimum atomic E-state index is -0.0275. The minimum absolute atomic E-state index is 0.0275. The van der Waals surface area contributed by atoms with Crippen LogP contribution < -0.4 is 10.1 Å². The van der Waals surface area contributed by atoms with Crippen LogP contribution in [-0.2, 0) is 10.5 Å². The van der Waals surface area contributed by atoms with Crippen molar-refractivity contribution in [2.45, 2.75) is 56.6 Å². The summed E-state index contributed by atoms with van der Waals surface area (Å²) in [5.74, 6) is 1.90. The Labute approximate surface area is 131 Å². The monoisotopic (exact) mass is 307 g/mol. The van der Waals surface area contributed by atoms with Gasteiger partial charge in [0.15, 0.2) is 0 Å². The molecule has 1 aromatic carbocycles. The van der Waals surface area contributed by atoms with Gasteiger partial charge < -0.3 is 10.1 Å². The van der Waals surface area contributed by atoms with E-state index in [1.54, 1.807) is 11.8 Å². The molecule has 116 valence electrons. The summed E-state index contributed by atoms with van der Waals surface area (Å²) in [4.78, 5) is 12.2. The molecule has 0 radical (unpaired) electrons. The van der Waals surface area contributed by atoms with Gasteiger partial charge in [-0.1, -0.05) is 31.0 Å². The fourth-order valence-electron chi connectivity index (χ4n) is 2.60. The van der Waals surface area contributed by atoms with Crippen LogP contribution in [0.3, 0.4) is 0 Å². The van der Waals surface area contributed by atoms with Crippen LogP contribution in [0.25, 0.3) is 0 Å². The van der Waals surface area contributed by atoms with Crippen molar-refractivity contribution < 1.29 is 9.53 Å². The lowest BCUT2D eigenvalue weighted by Crippen LogP contribution is -2.37. The van der Waals surface area contributed by atoms with E-state index < -0.39 is 0 Å². The van der Waals surface area contributed by atoms with Crippen LogP contribution in [0.1, 0.15) is 45.1 Å². The van der Waals surface area contributed by atoms with Crippen LogP contribution in [-0.4, -0.2) is 23.8 Å². The third kappa shape index (κ3) is 4.95. The lowest BCUT2D eigenvalue weighted by atomic mass is 10.2. The van der Waals surface area contributed by atoms with Crippen molar-refractivity contribution in [3.05, 3.63) is 29.8 Å². The van der Waals surface area contributed by atoms with E-state index in [2.05, 4.69) is 11.4 Å². The Bertz CT molecular complexity index is 458. The molecule has 1 saturated carbocycles. The predicted octanol–water partition coefficient (Wildman–Crippen LogP) is 3.77. The van der Waals surface area contributed by atoms with E-state index >= 15 is 0 Å². The second kappa shape index (κ2) is 8.32. The van der Waals surface area contributed by atoms with Crippen molar-refractivity contribution in [1.82, 2.24) is 5.32 Å². The summed E-state index contributed by atoms with van der Waals surface area (Å²) >= 11 is 1.67. The maximum Gasteiger partial charge on any atom is 0.233 e. The van der Waals surface area contributed by atoms with Gasteiger partial charge in [-0.3, -0.25) is 4.79 Å². The first-order valence-electron chi connectivity index (χ1n) is 7.83. The Morgan fingerprint density at radius 3 is 2.81 bits per heavy atom. The Morgan fingerprint density at radius 1 is 1.38 bits per heavy atom. The van der Waals surface area contributed by atoms with Gasteiger partial charge in [-0.25, -0.2) is 0 Å². The predicted molar refractivity (Wildman–Crippen MR) is 88.8 cm³/mol. The summed E-state index contributed by atoms with van der Waals surface area (Å²) in [5, 5.41) is 3.14. The second-order valence-corrected chi connectivity index (χ2v) is 6.81. The molecular formula is C17H25NO2S. The molecule has 1 fully saturated rings. The quantitative estimate of drug-likeness (QED) is 0.833. The van der Waals surface area contributed by atoms with E-state index in [1.165, 1.54) is 12.8 Å². The number of hydrogen-bond acceptors (Lipinski definition) is 3. The van der Waals surface area contributed by atoms with Crippen molar-refractivity contribution in [3.8, 4) is 5.75 Å². The van der Waals surface area contributed by atoms with Crippen molar-refractivity contribution >= 4 is 17.7 Å². The van der Waals surface area contributed by atoms with Gasteiger partial charge in [0.2, 0.25) is 5.91 Å². The molecule has 1 unspecified atom stereocenters. The molecule has 0 aliphatic heterocycles. The minimum Gasteiger partial charge on any atom is -0.494 e. The van der Waals surface area contributed by atoms with Crippen LogP contribution in [0.2, 0.25) is 0 Å². The summed E-state index contributed by atoms with van der Waals surface area (Å²) in [7, 11) is 0. The molecule has 0 spiro atoms. The number of para-hydroxylation sites is 1. The van der Waals surface area contributed by atoms with Gasteiger partial charge in [0, 0.05) is 17.4 Å².